The molecule has 0 aliphatic carbocycles. The third kappa shape index (κ3) is 2.14. The first-order valence-electron chi connectivity index (χ1n) is 6.76. The Hall–Kier alpha value is -2.30. The minimum Gasteiger partial charge on any atom is -0.479 e. The largest absolute Gasteiger partial charge is 0.479 e. The lowest BCUT2D eigenvalue weighted by atomic mass is 9.95. The molecule has 4 N–H and O–H groups in total. The third-order valence-electron chi connectivity index (χ3n) is 3.83. The van der Waals surface area contributed by atoms with Crippen molar-refractivity contribution in [3.63, 3.8) is 0 Å². The van der Waals surface area contributed by atoms with E-state index in [-0.39, 0.29) is 23.0 Å². The van der Waals surface area contributed by atoms with E-state index < -0.39 is 30.7 Å². The van der Waals surface area contributed by atoms with Gasteiger partial charge in [-0.1, -0.05) is 12.7 Å². The molecule has 0 amide bonds. The van der Waals surface area contributed by atoms with Crippen LogP contribution in [0.1, 0.15) is 6.23 Å². The van der Waals surface area contributed by atoms with Gasteiger partial charge >= 0.3 is 0 Å². The summed E-state index contributed by atoms with van der Waals surface area (Å²) in [6, 6.07) is 0. The zero-order chi connectivity index (χ0) is 16.8. The summed E-state index contributed by atoms with van der Waals surface area (Å²) in [4.78, 5) is 12.0. The summed E-state index contributed by atoms with van der Waals surface area (Å²) in [5.74, 6) is 0.0636. The number of nitrogens with zero attached hydrogens (tertiary/aromatic N) is 4. The van der Waals surface area contributed by atoms with Crippen LogP contribution in [-0.4, -0.2) is 61.3 Å². The van der Waals surface area contributed by atoms with Crippen molar-refractivity contribution < 1.29 is 24.1 Å². The standard InChI is InChI=1S/C13H16FN5O4/c1-3-13(21)8(14)6(4-20)23-11(13)19-5-16-7-9(19)17-12(15)18-10(7)22-2/h3,5-6,8,11,20-21H,1,4H2,2H3,(H2,15,17,18)/t6-,8-,11-,13-/m1/s1. The van der Waals surface area contributed by atoms with Crippen LogP contribution in [0.25, 0.3) is 11.2 Å². The number of nitrogen functional groups attached to an aromatic ring is 1. The molecular formula is C13H16FN5O4. The second-order valence-corrected chi connectivity index (χ2v) is 5.12. The number of imidazole rings is 1. The summed E-state index contributed by atoms with van der Waals surface area (Å²) in [6.45, 7) is 2.86. The number of alkyl halides is 1. The van der Waals surface area contributed by atoms with Crippen molar-refractivity contribution in [1.29, 1.82) is 0 Å². The number of nitrogens with two attached hydrogens (primary N) is 1. The highest BCUT2D eigenvalue weighted by Gasteiger charge is 2.56. The Balaban J connectivity index is 2.16. The molecule has 1 aliphatic rings. The molecule has 9 nitrogen and oxygen atoms in total. The molecule has 23 heavy (non-hydrogen) atoms. The highest BCUT2D eigenvalue weighted by molar-refractivity contribution is 5.77. The average molecular weight is 325 g/mol. The van der Waals surface area contributed by atoms with Gasteiger partial charge in [0, 0.05) is 0 Å². The van der Waals surface area contributed by atoms with Gasteiger partial charge in [0.2, 0.25) is 11.8 Å². The molecule has 1 aliphatic heterocycles. The van der Waals surface area contributed by atoms with E-state index >= 15 is 0 Å². The molecule has 0 spiro atoms. The van der Waals surface area contributed by atoms with E-state index in [2.05, 4.69) is 21.5 Å². The van der Waals surface area contributed by atoms with Crippen molar-refractivity contribution in [2.24, 2.45) is 0 Å². The van der Waals surface area contributed by atoms with Crippen LogP contribution in [0.3, 0.4) is 0 Å². The number of hydrogen-bond acceptors (Lipinski definition) is 8. The molecule has 0 aromatic carbocycles. The molecule has 0 saturated carbocycles. The van der Waals surface area contributed by atoms with Crippen molar-refractivity contribution in [2.75, 3.05) is 19.5 Å². The molecule has 0 radical (unpaired) electrons. The molecule has 2 aromatic heterocycles. The fourth-order valence-electron chi connectivity index (χ4n) is 2.64. The average Bonchev–Trinajstić information content (AvgIpc) is 3.07. The SMILES string of the molecule is C=C[C@@]1(O)[C@H](F)[C@@H](CO)O[C@H]1n1cnc2c(OC)nc(N)nc21. The summed E-state index contributed by atoms with van der Waals surface area (Å²) in [5.41, 5.74) is 4.04. The summed E-state index contributed by atoms with van der Waals surface area (Å²) in [5, 5.41) is 19.8. The number of fused-ring (bicyclic) bond motifs is 1. The van der Waals surface area contributed by atoms with Crippen molar-refractivity contribution in [1.82, 2.24) is 19.5 Å². The Morgan fingerprint density at radius 1 is 1.61 bits per heavy atom. The number of aliphatic hydroxyl groups is 2. The Bertz CT molecular complexity index is 753. The van der Waals surface area contributed by atoms with Crippen LogP contribution in [0.5, 0.6) is 5.88 Å². The Labute approximate surface area is 130 Å². The van der Waals surface area contributed by atoms with E-state index in [1.807, 2.05) is 0 Å². The van der Waals surface area contributed by atoms with Crippen LogP contribution in [-0.2, 0) is 4.74 Å². The van der Waals surface area contributed by atoms with Crippen molar-refractivity contribution >= 4 is 17.1 Å². The Morgan fingerprint density at radius 2 is 2.35 bits per heavy atom. The van der Waals surface area contributed by atoms with Crippen LogP contribution in [0.2, 0.25) is 0 Å². The molecule has 124 valence electrons. The molecule has 1 fully saturated rings. The number of rotatable bonds is 4. The molecule has 10 heteroatoms. The number of halogens is 1. The summed E-state index contributed by atoms with van der Waals surface area (Å²) in [6.07, 6.45) is -1.97. The normalized spacial score (nSPS) is 30.7. The Morgan fingerprint density at radius 3 is 2.96 bits per heavy atom. The molecular weight excluding hydrogens is 309 g/mol. The lowest BCUT2D eigenvalue weighted by molar-refractivity contribution is -0.0746. The number of methoxy groups -OCH3 is 1. The molecule has 2 aromatic rings. The third-order valence-corrected chi connectivity index (χ3v) is 3.83. The Kier molecular flexibility index (Phi) is 3.66. The number of aromatic nitrogens is 4. The van der Waals surface area contributed by atoms with Crippen molar-refractivity contribution in [3.05, 3.63) is 19.0 Å². The number of ether oxygens (including phenoxy) is 2. The van der Waals surface area contributed by atoms with Crippen LogP contribution >= 0.6 is 0 Å². The van der Waals surface area contributed by atoms with E-state index in [9.17, 15) is 14.6 Å². The van der Waals surface area contributed by atoms with Gasteiger partial charge < -0.3 is 25.4 Å². The summed E-state index contributed by atoms with van der Waals surface area (Å²) in [7, 11) is 1.39. The van der Waals surface area contributed by atoms with E-state index in [1.165, 1.54) is 18.0 Å². The topological polar surface area (TPSA) is 129 Å². The molecule has 0 unspecified atom stereocenters. The molecule has 0 bridgehead atoms. The van der Waals surface area contributed by atoms with Crippen molar-refractivity contribution in [3.8, 4) is 5.88 Å². The smallest absolute Gasteiger partial charge is 0.246 e. The zero-order valence-corrected chi connectivity index (χ0v) is 12.3. The second-order valence-electron chi connectivity index (χ2n) is 5.12. The number of aliphatic hydroxyl groups excluding tert-OH is 1. The van der Waals surface area contributed by atoms with Gasteiger partial charge in [-0.15, -0.1) is 0 Å². The van der Waals surface area contributed by atoms with Gasteiger partial charge in [-0.3, -0.25) is 4.57 Å². The number of hydrogen-bond donors (Lipinski definition) is 3. The summed E-state index contributed by atoms with van der Waals surface area (Å²) < 4.78 is 26.2. The van der Waals surface area contributed by atoms with Crippen molar-refractivity contribution in [2.45, 2.75) is 24.1 Å². The quantitative estimate of drug-likeness (QED) is 0.645. The first-order chi connectivity index (χ1) is 11.0. The summed E-state index contributed by atoms with van der Waals surface area (Å²) >= 11 is 0. The maximum atomic E-state index is 14.4. The van der Waals surface area contributed by atoms with E-state index in [1.54, 1.807) is 0 Å². The highest BCUT2D eigenvalue weighted by atomic mass is 19.1. The van der Waals surface area contributed by atoms with E-state index in [0.29, 0.717) is 0 Å². The van der Waals surface area contributed by atoms with E-state index in [0.717, 1.165) is 6.08 Å². The zero-order valence-electron chi connectivity index (χ0n) is 12.3. The minimum absolute atomic E-state index is 0.0771. The molecule has 3 rings (SSSR count). The van der Waals surface area contributed by atoms with Crippen LogP contribution in [0.4, 0.5) is 10.3 Å². The van der Waals surface area contributed by atoms with Gasteiger partial charge in [0.05, 0.1) is 20.0 Å². The van der Waals surface area contributed by atoms with Crippen LogP contribution in [0.15, 0.2) is 19.0 Å². The van der Waals surface area contributed by atoms with Gasteiger partial charge in [-0.05, 0) is 0 Å². The van der Waals surface area contributed by atoms with Crippen LogP contribution < -0.4 is 10.5 Å². The first kappa shape index (κ1) is 15.6. The molecule has 1 saturated heterocycles. The minimum atomic E-state index is -2.06. The fourth-order valence-corrected chi connectivity index (χ4v) is 2.64. The monoisotopic (exact) mass is 325 g/mol. The first-order valence-corrected chi connectivity index (χ1v) is 6.76. The predicted octanol–water partition coefficient (Wildman–Crippen LogP) is -0.438. The van der Waals surface area contributed by atoms with E-state index in [4.69, 9.17) is 15.2 Å². The van der Waals surface area contributed by atoms with Gasteiger partial charge in [0.1, 0.15) is 6.10 Å². The second kappa shape index (κ2) is 5.41. The van der Waals surface area contributed by atoms with Gasteiger partial charge in [0.25, 0.3) is 0 Å². The highest BCUT2D eigenvalue weighted by Crippen LogP contribution is 2.42. The van der Waals surface area contributed by atoms with Gasteiger partial charge in [0.15, 0.2) is 29.2 Å². The van der Waals surface area contributed by atoms with Crippen LogP contribution in [0, 0.1) is 0 Å². The lowest BCUT2D eigenvalue weighted by Gasteiger charge is -2.27. The number of anilines is 1. The maximum absolute atomic E-state index is 14.4. The molecule has 3 heterocycles. The fraction of sp³-hybridized carbons (Fsp3) is 0.462. The molecule has 4 atom stereocenters. The van der Waals surface area contributed by atoms with Gasteiger partial charge in [-0.25, -0.2) is 9.37 Å². The predicted molar refractivity (Wildman–Crippen MR) is 77.3 cm³/mol. The lowest BCUT2D eigenvalue weighted by Crippen LogP contribution is -2.42. The van der Waals surface area contributed by atoms with Gasteiger partial charge in [-0.2, -0.15) is 9.97 Å². The maximum Gasteiger partial charge on any atom is 0.246 e.